The van der Waals surface area contributed by atoms with Crippen molar-refractivity contribution in [1.82, 2.24) is 14.7 Å². The van der Waals surface area contributed by atoms with Crippen LogP contribution in [0.15, 0.2) is 59.5 Å². The second kappa shape index (κ2) is 6.69. The average Bonchev–Trinajstić information content (AvgIpc) is 3.12. The number of fused-ring (bicyclic) bond motifs is 1. The summed E-state index contributed by atoms with van der Waals surface area (Å²) in [5.41, 5.74) is 1.23. The Hall–Kier alpha value is -2.66. The van der Waals surface area contributed by atoms with Gasteiger partial charge in [0.25, 0.3) is 5.56 Å². The molecular formula is C20H21N3O2. The van der Waals surface area contributed by atoms with E-state index in [4.69, 9.17) is 4.74 Å². The Bertz CT molecular complexity index is 934. The van der Waals surface area contributed by atoms with E-state index in [1.54, 1.807) is 18.0 Å². The average molecular weight is 335 g/mol. The molecule has 1 aliphatic rings. The maximum atomic E-state index is 12.7. The highest BCUT2D eigenvalue weighted by atomic mass is 16.5. The molecule has 1 saturated heterocycles. The van der Waals surface area contributed by atoms with Crippen LogP contribution in [0.2, 0.25) is 0 Å². The van der Waals surface area contributed by atoms with Gasteiger partial charge in [0.15, 0.2) is 0 Å². The van der Waals surface area contributed by atoms with Gasteiger partial charge in [0.2, 0.25) is 0 Å². The summed E-state index contributed by atoms with van der Waals surface area (Å²) in [6.07, 6.45) is 3.99. The largest absolute Gasteiger partial charge is 0.497 e. The second-order valence-corrected chi connectivity index (χ2v) is 6.42. The first-order valence-electron chi connectivity index (χ1n) is 8.59. The van der Waals surface area contributed by atoms with Crippen LogP contribution in [0, 0.1) is 0 Å². The van der Waals surface area contributed by atoms with Crippen LogP contribution in [-0.2, 0) is 6.67 Å². The predicted octanol–water partition coefficient (Wildman–Crippen LogP) is 3.20. The Morgan fingerprint density at radius 2 is 1.96 bits per heavy atom. The van der Waals surface area contributed by atoms with Crippen molar-refractivity contribution in [2.24, 2.45) is 0 Å². The van der Waals surface area contributed by atoms with Gasteiger partial charge >= 0.3 is 0 Å². The summed E-state index contributed by atoms with van der Waals surface area (Å²) in [6.45, 7) is 1.48. The number of methoxy groups -OCH3 is 1. The molecule has 0 bridgehead atoms. The molecule has 4 rings (SSSR count). The molecule has 5 heteroatoms. The minimum Gasteiger partial charge on any atom is -0.497 e. The van der Waals surface area contributed by atoms with Gasteiger partial charge in [-0.05, 0) is 36.6 Å². The first-order valence-corrected chi connectivity index (χ1v) is 8.59. The third-order valence-electron chi connectivity index (χ3n) is 4.94. The van der Waals surface area contributed by atoms with Gasteiger partial charge in [0, 0.05) is 18.0 Å². The van der Waals surface area contributed by atoms with E-state index >= 15 is 0 Å². The van der Waals surface area contributed by atoms with E-state index in [-0.39, 0.29) is 5.56 Å². The van der Waals surface area contributed by atoms with Gasteiger partial charge in [-0.25, -0.2) is 4.68 Å². The van der Waals surface area contributed by atoms with Crippen molar-refractivity contribution in [3.05, 3.63) is 70.6 Å². The van der Waals surface area contributed by atoms with Crippen molar-refractivity contribution < 1.29 is 4.74 Å². The molecule has 0 spiro atoms. The van der Waals surface area contributed by atoms with Gasteiger partial charge in [-0.15, -0.1) is 0 Å². The van der Waals surface area contributed by atoms with Crippen LogP contribution in [0.1, 0.15) is 24.4 Å². The quantitative estimate of drug-likeness (QED) is 0.735. The summed E-state index contributed by atoms with van der Waals surface area (Å²) < 4.78 is 6.82. The molecule has 1 atom stereocenters. The van der Waals surface area contributed by atoms with E-state index in [1.807, 2.05) is 36.4 Å². The summed E-state index contributed by atoms with van der Waals surface area (Å²) in [6, 6.07) is 16.1. The monoisotopic (exact) mass is 335 g/mol. The van der Waals surface area contributed by atoms with Crippen molar-refractivity contribution in [1.29, 1.82) is 0 Å². The number of likely N-dealkylation sites (tertiary alicyclic amines) is 1. The lowest BCUT2D eigenvalue weighted by Crippen LogP contribution is -2.33. The molecule has 0 N–H and O–H groups in total. The lowest BCUT2D eigenvalue weighted by atomic mass is 10.0. The highest BCUT2D eigenvalue weighted by molar-refractivity contribution is 5.80. The van der Waals surface area contributed by atoms with Crippen LogP contribution in [0.25, 0.3) is 10.8 Å². The van der Waals surface area contributed by atoms with Gasteiger partial charge in [0.05, 0.1) is 25.4 Å². The molecule has 2 heterocycles. The van der Waals surface area contributed by atoms with E-state index in [0.29, 0.717) is 12.7 Å². The second-order valence-electron chi connectivity index (χ2n) is 6.42. The number of hydrogen-bond acceptors (Lipinski definition) is 4. The zero-order valence-electron chi connectivity index (χ0n) is 14.3. The minimum absolute atomic E-state index is 0.0292. The first-order chi connectivity index (χ1) is 12.3. The third kappa shape index (κ3) is 3.03. The molecule has 2 aromatic carbocycles. The fourth-order valence-electron chi connectivity index (χ4n) is 3.60. The standard InChI is InChI=1S/C20H21N3O2/c1-25-17-10-8-15(9-11-17)19-7-4-12-22(19)14-23-20(24)18-6-3-2-5-16(18)13-21-23/h2-3,5-6,8-11,13,19H,4,7,12,14H2,1H3/t19-/m1/s1. The maximum absolute atomic E-state index is 12.7. The third-order valence-corrected chi connectivity index (χ3v) is 4.94. The van der Waals surface area contributed by atoms with E-state index in [2.05, 4.69) is 22.1 Å². The zero-order chi connectivity index (χ0) is 17.2. The van der Waals surface area contributed by atoms with E-state index < -0.39 is 0 Å². The lowest BCUT2D eigenvalue weighted by molar-refractivity contribution is 0.187. The van der Waals surface area contributed by atoms with Crippen molar-refractivity contribution in [2.45, 2.75) is 25.6 Å². The van der Waals surface area contributed by atoms with Crippen LogP contribution in [0.5, 0.6) is 5.75 Å². The summed E-state index contributed by atoms with van der Waals surface area (Å²) in [7, 11) is 1.68. The summed E-state index contributed by atoms with van der Waals surface area (Å²) >= 11 is 0. The Morgan fingerprint density at radius 1 is 1.16 bits per heavy atom. The Kier molecular flexibility index (Phi) is 4.24. The highest BCUT2D eigenvalue weighted by Gasteiger charge is 2.26. The predicted molar refractivity (Wildman–Crippen MR) is 97.7 cm³/mol. The summed E-state index contributed by atoms with van der Waals surface area (Å²) in [4.78, 5) is 15.0. The van der Waals surface area contributed by atoms with Crippen molar-refractivity contribution in [2.75, 3.05) is 13.7 Å². The number of nitrogens with zero attached hydrogens (tertiary/aromatic N) is 3. The number of aromatic nitrogens is 2. The van der Waals surface area contributed by atoms with Crippen LogP contribution in [0.3, 0.4) is 0 Å². The van der Waals surface area contributed by atoms with Gasteiger partial charge in [-0.2, -0.15) is 5.10 Å². The van der Waals surface area contributed by atoms with Crippen LogP contribution in [-0.4, -0.2) is 28.3 Å². The topological polar surface area (TPSA) is 47.4 Å². The molecule has 0 radical (unpaired) electrons. The SMILES string of the molecule is COc1ccc([C@H]2CCCN2Cn2ncc3ccccc3c2=O)cc1. The molecule has 0 aliphatic carbocycles. The molecule has 5 nitrogen and oxygen atoms in total. The Balaban J connectivity index is 1.61. The number of ether oxygens (including phenoxy) is 1. The van der Waals surface area contributed by atoms with E-state index in [1.165, 1.54) is 5.56 Å². The summed E-state index contributed by atoms with van der Waals surface area (Å²) in [5.74, 6) is 0.862. The van der Waals surface area contributed by atoms with Gasteiger partial charge in [-0.3, -0.25) is 9.69 Å². The molecule has 3 aromatic rings. The highest BCUT2D eigenvalue weighted by Crippen LogP contribution is 2.32. The number of rotatable bonds is 4. The number of hydrogen-bond donors (Lipinski definition) is 0. The van der Waals surface area contributed by atoms with Crippen molar-refractivity contribution in [3.8, 4) is 5.75 Å². The van der Waals surface area contributed by atoms with Crippen molar-refractivity contribution >= 4 is 10.8 Å². The van der Waals surface area contributed by atoms with Crippen LogP contribution in [0.4, 0.5) is 0 Å². The minimum atomic E-state index is -0.0292. The fourth-order valence-corrected chi connectivity index (χ4v) is 3.60. The molecule has 0 saturated carbocycles. The van der Waals surface area contributed by atoms with Crippen LogP contribution >= 0.6 is 0 Å². The Morgan fingerprint density at radius 3 is 2.76 bits per heavy atom. The van der Waals surface area contributed by atoms with Gasteiger partial charge in [0.1, 0.15) is 5.75 Å². The molecule has 0 unspecified atom stereocenters. The molecule has 1 aromatic heterocycles. The maximum Gasteiger partial charge on any atom is 0.275 e. The Labute approximate surface area is 146 Å². The molecule has 1 fully saturated rings. The molecule has 0 amide bonds. The smallest absolute Gasteiger partial charge is 0.275 e. The molecular weight excluding hydrogens is 314 g/mol. The van der Waals surface area contributed by atoms with Gasteiger partial charge < -0.3 is 4.74 Å². The molecule has 128 valence electrons. The normalized spacial score (nSPS) is 17.9. The van der Waals surface area contributed by atoms with E-state index in [9.17, 15) is 4.79 Å². The first kappa shape index (κ1) is 15.8. The summed E-state index contributed by atoms with van der Waals surface area (Å²) in [5, 5.41) is 5.97. The van der Waals surface area contributed by atoms with E-state index in [0.717, 1.165) is 35.9 Å². The van der Waals surface area contributed by atoms with Crippen LogP contribution < -0.4 is 10.3 Å². The fraction of sp³-hybridized carbons (Fsp3) is 0.300. The van der Waals surface area contributed by atoms with Crippen molar-refractivity contribution in [3.63, 3.8) is 0 Å². The molecule has 1 aliphatic heterocycles. The number of benzene rings is 2. The lowest BCUT2D eigenvalue weighted by Gasteiger charge is -2.25. The zero-order valence-corrected chi connectivity index (χ0v) is 14.3. The van der Waals surface area contributed by atoms with Gasteiger partial charge in [-0.1, -0.05) is 30.3 Å². The molecule has 25 heavy (non-hydrogen) atoms.